The van der Waals surface area contributed by atoms with E-state index in [4.69, 9.17) is 5.26 Å². The molecular formula is C19H18N6O. The number of hydrogen-bond donors (Lipinski definition) is 1. The number of carbonyl (C=O) groups is 1. The minimum absolute atomic E-state index is 0.0865. The predicted octanol–water partition coefficient (Wildman–Crippen LogP) is 2.97. The maximum atomic E-state index is 12.2. The predicted molar refractivity (Wildman–Crippen MR) is 97.1 cm³/mol. The van der Waals surface area contributed by atoms with Crippen LogP contribution in [0.3, 0.4) is 0 Å². The van der Waals surface area contributed by atoms with Crippen LogP contribution in [0.25, 0.3) is 11.4 Å². The average molecular weight is 346 g/mol. The maximum Gasteiger partial charge on any atom is 0.248 e. The van der Waals surface area contributed by atoms with Crippen LogP contribution in [0.15, 0.2) is 48.5 Å². The molecular weight excluding hydrogens is 328 g/mol. The van der Waals surface area contributed by atoms with Gasteiger partial charge in [0, 0.05) is 5.56 Å². The summed E-state index contributed by atoms with van der Waals surface area (Å²) in [6, 6.07) is 16.8. The van der Waals surface area contributed by atoms with E-state index in [9.17, 15) is 4.79 Å². The van der Waals surface area contributed by atoms with Crippen molar-refractivity contribution in [2.75, 3.05) is 5.32 Å². The number of tetrazole rings is 1. The molecule has 0 saturated heterocycles. The molecule has 0 unspecified atom stereocenters. The normalized spacial score (nSPS) is 10.5. The highest BCUT2D eigenvalue weighted by molar-refractivity contribution is 5.91. The third kappa shape index (κ3) is 3.92. The van der Waals surface area contributed by atoms with Crippen molar-refractivity contribution in [3.63, 3.8) is 0 Å². The van der Waals surface area contributed by atoms with Crippen molar-refractivity contribution in [1.82, 2.24) is 20.2 Å². The maximum absolute atomic E-state index is 12.2. The summed E-state index contributed by atoms with van der Waals surface area (Å²) in [5.41, 5.74) is 2.94. The van der Waals surface area contributed by atoms with Crippen molar-refractivity contribution in [1.29, 1.82) is 5.26 Å². The minimum atomic E-state index is -0.327. The second-order valence-electron chi connectivity index (χ2n) is 6.13. The first-order valence-corrected chi connectivity index (χ1v) is 8.24. The number of nitrogens with zero attached hydrogens (tertiary/aromatic N) is 5. The third-order valence-corrected chi connectivity index (χ3v) is 3.90. The molecule has 2 aromatic carbocycles. The molecule has 7 heteroatoms. The Morgan fingerprint density at radius 2 is 1.92 bits per heavy atom. The Morgan fingerprint density at radius 3 is 2.62 bits per heavy atom. The van der Waals surface area contributed by atoms with Crippen LogP contribution in [0, 0.1) is 11.3 Å². The van der Waals surface area contributed by atoms with Crippen molar-refractivity contribution < 1.29 is 4.79 Å². The summed E-state index contributed by atoms with van der Waals surface area (Å²) in [5.74, 6) is 0.588. The highest BCUT2D eigenvalue weighted by atomic mass is 16.2. The van der Waals surface area contributed by atoms with E-state index in [-0.39, 0.29) is 12.5 Å². The molecule has 1 aromatic heterocycles. The van der Waals surface area contributed by atoms with E-state index in [0.717, 1.165) is 5.56 Å². The number of nitriles is 1. The quantitative estimate of drug-likeness (QED) is 0.766. The van der Waals surface area contributed by atoms with Crippen LogP contribution in [-0.2, 0) is 11.3 Å². The second-order valence-corrected chi connectivity index (χ2v) is 6.13. The van der Waals surface area contributed by atoms with Crippen LogP contribution in [0.5, 0.6) is 0 Å². The highest BCUT2D eigenvalue weighted by Crippen LogP contribution is 2.19. The summed E-state index contributed by atoms with van der Waals surface area (Å²) in [6.07, 6.45) is 0. The Kier molecular flexibility index (Phi) is 5.04. The fourth-order valence-corrected chi connectivity index (χ4v) is 2.45. The van der Waals surface area contributed by atoms with E-state index in [1.807, 2.05) is 30.3 Å². The van der Waals surface area contributed by atoms with E-state index < -0.39 is 0 Å². The molecule has 26 heavy (non-hydrogen) atoms. The van der Waals surface area contributed by atoms with Crippen LogP contribution in [0.2, 0.25) is 0 Å². The number of benzene rings is 2. The summed E-state index contributed by atoms with van der Waals surface area (Å²) in [7, 11) is 0. The van der Waals surface area contributed by atoms with Crippen LogP contribution in [-0.4, -0.2) is 26.1 Å². The number of nitrogens with one attached hydrogen (secondary N) is 1. The highest BCUT2D eigenvalue weighted by Gasteiger charge is 2.11. The van der Waals surface area contributed by atoms with Gasteiger partial charge in [0.15, 0.2) is 0 Å². The fourth-order valence-electron chi connectivity index (χ4n) is 2.45. The number of aromatic nitrogens is 4. The number of hydrogen-bond acceptors (Lipinski definition) is 5. The molecule has 130 valence electrons. The van der Waals surface area contributed by atoms with Gasteiger partial charge in [-0.05, 0) is 28.8 Å². The molecule has 0 spiro atoms. The molecule has 0 aliphatic heterocycles. The van der Waals surface area contributed by atoms with Crippen molar-refractivity contribution in [3.05, 3.63) is 59.7 Å². The monoisotopic (exact) mass is 346 g/mol. The SMILES string of the molecule is CC(C)c1ccc(-c2nnn(CC(=O)Nc3ccccc3C#N)n2)cc1. The standard InChI is InChI=1S/C19H18N6O/c1-13(2)14-7-9-15(10-8-14)19-22-24-25(23-19)12-18(26)21-17-6-4-3-5-16(17)11-20/h3-10,13H,12H2,1-2H3,(H,21,26). The summed E-state index contributed by atoms with van der Waals surface area (Å²) in [4.78, 5) is 13.4. The zero-order chi connectivity index (χ0) is 18.5. The largest absolute Gasteiger partial charge is 0.323 e. The topological polar surface area (TPSA) is 96.5 Å². The van der Waals surface area contributed by atoms with Crippen molar-refractivity contribution >= 4 is 11.6 Å². The number of para-hydroxylation sites is 1. The first-order valence-electron chi connectivity index (χ1n) is 8.24. The number of amides is 1. The Balaban J connectivity index is 1.68. The molecule has 7 nitrogen and oxygen atoms in total. The minimum Gasteiger partial charge on any atom is -0.323 e. The molecule has 1 N–H and O–H groups in total. The Morgan fingerprint density at radius 1 is 1.19 bits per heavy atom. The summed E-state index contributed by atoms with van der Waals surface area (Å²) >= 11 is 0. The Hall–Kier alpha value is -3.53. The molecule has 0 bridgehead atoms. The lowest BCUT2D eigenvalue weighted by Crippen LogP contribution is -2.21. The third-order valence-electron chi connectivity index (χ3n) is 3.90. The molecule has 0 radical (unpaired) electrons. The first kappa shape index (κ1) is 17.3. The second kappa shape index (κ2) is 7.57. The van der Waals surface area contributed by atoms with E-state index in [1.165, 1.54) is 10.4 Å². The van der Waals surface area contributed by atoms with Crippen LogP contribution in [0.4, 0.5) is 5.69 Å². The lowest BCUT2D eigenvalue weighted by molar-refractivity contribution is -0.117. The Labute approximate surface area is 151 Å². The summed E-state index contributed by atoms with van der Waals surface area (Å²) in [6.45, 7) is 4.18. The van der Waals surface area contributed by atoms with E-state index in [1.54, 1.807) is 24.3 Å². The van der Waals surface area contributed by atoms with Gasteiger partial charge in [-0.15, -0.1) is 10.2 Å². The van der Waals surface area contributed by atoms with Gasteiger partial charge in [0.1, 0.15) is 12.6 Å². The van der Waals surface area contributed by atoms with E-state index in [2.05, 4.69) is 34.6 Å². The van der Waals surface area contributed by atoms with Gasteiger partial charge < -0.3 is 5.32 Å². The van der Waals surface area contributed by atoms with Crippen molar-refractivity contribution in [2.24, 2.45) is 0 Å². The zero-order valence-electron chi connectivity index (χ0n) is 14.5. The van der Waals surface area contributed by atoms with Gasteiger partial charge in [-0.3, -0.25) is 4.79 Å². The van der Waals surface area contributed by atoms with Gasteiger partial charge in [0.25, 0.3) is 0 Å². The fraction of sp³-hybridized carbons (Fsp3) is 0.211. The van der Waals surface area contributed by atoms with Crippen LogP contribution in [0.1, 0.15) is 30.9 Å². The van der Waals surface area contributed by atoms with Crippen LogP contribution < -0.4 is 5.32 Å². The molecule has 1 heterocycles. The lowest BCUT2D eigenvalue weighted by atomic mass is 10.0. The molecule has 0 atom stereocenters. The lowest BCUT2D eigenvalue weighted by Gasteiger charge is -2.06. The summed E-state index contributed by atoms with van der Waals surface area (Å²) in [5, 5.41) is 23.9. The molecule has 0 aliphatic carbocycles. The van der Waals surface area contributed by atoms with Gasteiger partial charge in [-0.25, -0.2) is 0 Å². The van der Waals surface area contributed by atoms with Gasteiger partial charge in [-0.2, -0.15) is 10.1 Å². The number of rotatable bonds is 5. The van der Waals surface area contributed by atoms with Crippen molar-refractivity contribution in [3.8, 4) is 17.5 Å². The van der Waals surface area contributed by atoms with Gasteiger partial charge in [0.05, 0.1) is 11.3 Å². The van der Waals surface area contributed by atoms with Gasteiger partial charge in [0.2, 0.25) is 11.7 Å². The van der Waals surface area contributed by atoms with E-state index >= 15 is 0 Å². The molecule has 1 amide bonds. The molecule has 0 saturated carbocycles. The van der Waals surface area contributed by atoms with Gasteiger partial charge in [-0.1, -0.05) is 50.2 Å². The molecule has 3 aromatic rings. The van der Waals surface area contributed by atoms with Crippen LogP contribution >= 0.6 is 0 Å². The number of anilines is 1. The number of carbonyl (C=O) groups excluding carboxylic acids is 1. The molecule has 0 aliphatic rings. The molecule has 3 rings (SSSR count). The zero-order valence-corrected chi connectivity index (χ0v) is 14.5. The van der Waals surface area contributed by atoms with E-state index in [0.29, 0.717) is 23.0 Å². The average Bonchev–Trinajstić information content (AvgIpc) is 3.10. The summed E-state index contributed by atoms with van der Waals surface area (Å²) < 4.78 is 0. The van der Waals surface area contributed by atoms with Gasteiger partial charge >= 0.3 is 0 Å². The smallest absolute Gasteiger partial charge is 0.248 e. The Bertz CT molecular complexity index is 953. The first-order chi connectivity index (χ1) is 12.6. The van der Waals surface area contributed by atoms with Crippen molar-refractivity contribution in [2.45, 2.75) is 26.3 Å². The molecule has 0 fully saturated rings.